The first-order chi connectivity index (χ1) is 8.58. The van der Waals surface area contributed by atoms with E-state index < -0.39 is 0 Å². The lowest BCUT2D eigenvalue weighted by Crippen LogP contribution is -2.44. The highest BCUT2D eigenvalue weighted by molar-refractivity contribution is 5.78. The Balaban J connectivity index is 2.08. The number of amides is 1. The molecule has 2 N–H and O–H groups in total. The molecule has 0 aromatic heterocycles. The van der Waals surface area contributed by atoms with E-state index in [0.717, 1.165) is 38.4 Å². The van der Waals surface area contributed by atoms with Crippen LogP contribution in [-0.4, -0.2) is 37.7 Å². The van der Waals surface area contributed by atoms with Gasteiger partial charge in [0.05, 0.1) is 6.54 Å². The van der Waals surface area contributed by atoms with Gasteiger partial charge in [-0.25, -0.2) is 0 Å². The van der Waals surface area contributed by atoms with Crippen molar-refractivity contribution in [2.45, 2.75) is 58.5 Å². The van der Waals surface area contributed by atoms with E-state index in [0.29, 0.717) is 18.6 Å². The van der Waals surface area contributed by atoms with Gasteiger partial charge in [0.25, 0.3) is 0 Å². The van der Waals surface area contributed by atoms with Crippen LogP contribution in [0.25, 0.3) is 0 Å². The predicted molar refractivity (Wildman–Crippen MR) is 73.5 cm³/mol. The van der Waals surface area contributed by atoms with Crippen molar-refractivity contribution in [3.8, 4) is 0 Å². The second-order valence-electron chi connectivity index (χ2n) is 5.71. The van der Waals surface area contributed by atoms with Crippen LogP contribution < -0.4 is 10.6 Å². The number of hydrogen-bond acceptors (Lipinski definition) is 3. The predicted octanol–water partition coefficient (Wildman–Crippen LogP) is 1.70. The average Bonchev–Trinajstić information content (AvgIpc) is 2.35. The van der Waals surface area contributed by atoms with Gasteiger partial charge in [-0.3, -0.25) is 4.79 Å². The fourth-order valence-corrected chi connectivity index (χ4v) is 2.07. The maximum atomic E-state index is 11.7. The Bertz CT molecular complexity index is 238. The summed E-state index contributed by atoms with van der Waals surface area (Å²) in [6.45, 7) is 8.56. The summed E-state index contributed by atoms with van der Waals surface area (Å²) in [5, 5.41) is 6.34. The zero-order valence-electron chi connectivity index (χ0n) is 12.0. The van der Waals surface area contributed by atoms with Crippen molar-refractivity contribution in [1.29, 1.82) is 0 Å². The number of carbonyl (C=O) groups excluding carboxylic acids is 1. The van der Waals surface area contributed by atoms with Crippen molar-refractivity contribution in [1.82, 2.24) is 10.6 Å². The van der Waals surface area contributed by atoms with Gasteiger partial charge in [0.2, 0.25) is 5.91 Å². The number of hydrogen-bond donors (Lipinski definition) is 2. The van der Waals surface area contributed by atoms with E-state index in [2.05, 4.69) is 31.4 Å². The quantitative estimate of drug-likeness (QED) is 0.729. The fourth-order valence-electron chi connectivity index (χ4n) is 2.07. The van der Waals surface area contributed by atoms with Crippen LogP contribution >= 0.6 is 0 Å². The molecule has 0 radical (unpaired) electrons. The van der Waals surface area contributed by atoms with Crippen LogP contribution in [0.15, 0.2) is 0 Å². The molecule has 4 nitrogen and oxygen atoms in total. The van der Waals surface area contributed by atoms with Crippen LogP contribution in [0.5, 0.6) is 0 Å². The fraction of sp³-hybridized carbons (Fsp3) is 0.929. The first-order valence-electron chi connectivity index (χ1n) is 7.18. The van der Waals surface area contributed by atoms with Gasteiger partial charge in [0, 0.05) is 25.3 Å². The molecule has 1 saturated heterocycles. The number of nitrogens with one attached hydrogen (secondary N) is 2. The van der Waals surface area contributed by atoms with Crippen LogP contribution in [0, 0.1) is 5.92 Å². The monoisotopic (exact) mass is 256 g/mol. The summed E-state index contributed by atoms with van der Waals surface area (Å²) in [5.41, 5.74) is 0. The third kappa shape index (κ3) is 6.97. The van der Waals surface area contributed by atoms with E-state index in [4.69, 9.17) is 4.74 Å². The first-order valence-corrected chi connectivity index (χ1v) is 7.18. The number of carbonyl (C=O) groups is 1. The molecule has 1 atom stereocenters. The van der Waals surface area contributed by atoms with Gasteiger partial charge >= 0.3 is 0 Å². The molecule has 1 aliphatic rings. The van der Waals surface area contributed by atoms with Crippen LogP contribution in [0.4, 0.5) is 0 Å². The van der Waals surface area contributed by atoms with Crippen molar-refractivity contribution < 1.29 is 9.53 Å². The minimum absolute atomic E-state index is 0.110. The van der Waals surface area contributed by atoms with Crippen LogP contribution in [0.3, 0.4) is 0 Å². The Morgan fingerprint density at radius 2 is 1.89 bits per heavy atom. The lowest BCUT2D eigenvalue weighted by molar-refractivity contribution is -0.121. The zero-order valence-corrected chi connectivity index (χ0v) is 12.0. The summed E-state index contributed by atoms with van der Waals surface area (Å²) < 4.78 is 5.27. The molecule has 1 rings (SSSR count). The molecule has 0 aromatic rings. The van der Waals surface area contributed by atoms with Gasteiger partial charge in [-0.1, -0.05) is 13.8 Å². The molecular weight excluding hydrogens is 228 g/mol. The van der Waals surface area contributed by atoms with E-state index in [9.17, 15) is 4.79 Å². The van der Waals surface area contributed by atoms with E-state index in [1.54, 1.807) is 0 Å². The molecule has 1 unspecified atom stereocenters. The summed E-state index contributed by atoms with van der Waals surface area (Å²) in [7, 11) is 0. The topological polar surface area (TPSA) is 50.4 Å². The zero-order chi connectivity index (χ0) is 13.4. The highest BCUT2D eigenvalue weighted by Gasteiger charge is 2.16. The van der Waals surface area contributed by atoms with Gasteiger partial charge in [-0.15, -0.1) is 0 Å². The maximum Gasteiger partial charge on any atom is 0.234 e. The van der Waals surface area contributed by atoms with Crippen LogP contribution in [0.1, 0.15) is 46.5 Å². The minimum Gasteiger partial charge on any atom is -0.381 e. The molecule has 106 valence electrons. The minimum atomic E-state index is 0.110. The molecular formula is C14H28N2O2. The second kappa shape index (κ2) is 8.48. The second-order valence-corrected chi connectivity index (χ2v) is 5.71. The molecule has 0 spiro atoms. The lowest BCUT2D eigenvalue weighted by Gasteiger charge is -2.23. The molecule has 0 bridgehead atoms. The number of rotatable bonds is 7. The molecule has 18 heavy (non-hydrogen) atoms. The third-order valence-corrected chi connectivity index (χ3v) is 3.37. The molecule has 0 aromatic carbocycles. The van der Waals surface area contributed by atoms with Crippen LogP contribution in [0.2, 0.25) is 0 Å². The Hall–Kier alpha value is -0.610. The molecule has 1 heterocycles. The van der Waals surface area contributed by atoms with Crippen molar-refractivity contribution in [3.63, 3.8) is 0 Å². The largest absolute Gasteiger partial charge is 0.381 e. The standard InChI is InChI=1S/C14H28N2O2/c1-11(2)4-5-12(3)15-10-14(17)16-13-6-8-18-9-7-13/h11-13,15H,4-10H2,1-3H3,(H,16,17). The van der Waals surface area contributed by atoms with Crippen molar-refractivity contribution in [2.24, 2.45) is 5.92 Å². The highest BCUT2D eigenvalue weighted by Crippen LogP contribution is 2.07. The van der Waals surface area contributed by atoms with Crippen molar-refractivity contribution in [3.05, 3.63) is 0 Å². The van der Waals surface area contributed by atoms with E-state index in [1.807, 2.05) is 0 Å². The van der Waals surface area contributed by atoms with Gasteiger partial charge in [0.1, 0.15) is 0 Å². The highest BCUT2D eigenvalue weighted by atomic mass is 16.5. The molecule has 1 aliphatic heterocycles. The first kappa shape index (κ1) is 15.4. The molecule has 1 fully saturated rings. The molecule has 1 amide bonds. The van der Waals surface area contributed by atoms with Gasteiger partial charge in [-0.05, 0) is 38.5 Å². The smallest absolute Gasteiger partial charge is 0.234 e. The Morgan fingerprint density at radius 3 is 2.50 bits per heavy atom. The normalized spacial score (nSPS) is 18.9. The SMILES string of the molecule is CC(C)CCC(C)NCC(=O)NC1CCOCC1. The summed E-state index contributed by atoms with van der Waals surface area (Å²) >= 11 is 0. The Morgan fingerprint density at radius 1 is 1.22 bits per heavy atom. The maximum absolute atomic E-state index is 11.7. The van der Waals surface area contributed by atoms with E-state index in [1.165, 1.54) is 6.42 Å². The summed E-state index contributed by atoms with van der Waals surface area (Å²) in [5.74, 6) is 0.837. The summed E-state index contributed by atoms with van der Waals surface area (Å²) in [4.78, 5) is 11.7. The van der Waals surface area contributed by atoms with E-state index in [-0.39, 0.29) is 5.91 Å². The molecule has 0 aliphatic carbocycles. The summed E-state index contributed by atoms with van der Waals surface area (Å²) in [6.07, 6.45) is 4.21. The summed E-state index contributed by atoms with van der Waals surface area (Å²) in [6, 6.07) is 0.715. The molecule has 0 saturated carbocycles. The van der Waals surface area contributed by atoms with Gasteiger partial charge in [0.15, 0.2) is 0 Å². The average molecular weight is 256 g/mol. The van der Waals surface area contributed by atoms with Crippen molar-refractivity contribution in [2.75, 3.05) is 19.8 Å². The van der Waals surface area contributed by atoms with Crippen LogP contribution in [-0.2, 0) is 9.53 Å². The lowest BCUT2D eigenvalue weighted by atomic mass is 10.0. The van der Waals surface area contributed by atoms with Gasteiger partial charge in [-0.2, -0.15) is 0 Å². The Kier molecular flexibility index (Phi) is 7.28. The number of ether oxygens (including phenoxy) is 1. The van der Waals surface area contributed by atoms with Crippen molar-refractivity contribution >= 4 is 5.91 Å². The molecule has 4 heteroatoms. The Labute approximate surface area is 111 Å². The third-order valence-electron chi connectivity index (χ3n) is 3.37. The van der Waals surface area contributed by atoms with Gasteiger partial charge < -0.3 is 15.4 Å². The van der Waals surface area contributed by atoms with E-state index >= 15 is 0 Å².